The number of ether oxygens (including phenoxy) is 1. The number of pyridine rings is 1. The minimum Gasteiger partial charge on any atom is -0.480 e. The highest BCUT2D eigenvalue weighted by Gasteiger charge is 2.21. The summed E-state index contributed by atoms with van der Waals surface area (Å²) >= 11 is 0. The highest BCUT2D eigenvalue weighted by Crippen LogP contribution is 2.27. The van der Waals surface area contributed by atoms with Crippen LogP contribution in [0.1, 0.15) is 57.3 Å². The molecule has 0 saturated carbocycles. The number of aromatic nitrogens is 1. The first-order chi connectivity index (χ1) is 13.0. The molecule has 1 aliphatic rings. The molecule has 27 heavy (non-hydrogen) atoms. The van der Waals surface area contributed by atoms with Crippen LogP contribution < -0.4 is 15.4 Å². The molecule has 0 spiro atoms. The molecule has 6 heteroatoms. The van der Waals surface area contributed by atoms with Crippen LogP contribution in [-0.4, -0.2) is 30.5 Å². The second kappa shape index (κ2) is 8.20. The van der Waals surface area contributed by atoms with E-state index < -0.39 is 0 Å². The molecule has 1 heterocycles. The minimum absolute atomic E-state index is 0.149. The molecule has 0 aliphatic heterocycles. The fourth-order valence-corrected chi connectivity index (χ4v) is 3.20. The first-order valence-corrected chi connectivity index (χ1v) is 9.30. The van der Waals surface area contributed by atoms with E-state index in [-0.39, 0.29) is 11.8 Å². The Morgan fingerprint density at radius 1 is 1.19 bits per heavy atom. The largest absolute Gasteiger partial charge is 0.480 e. The molecular formula is C21H25N3O3. The van der Waals surface area contributed by atoms with Crippen molar-refractivity contribution in [3.05, 3.63) is 52.2 Å². The van der Waals surface area contributed by atoms with E-state index in [0.717, 1.165) is 42.5 Å². The molecule has 1 aliphatic carbocycles. The van der Waals surface area contributed by atoms with E-state index in [2.05, 4.69) is 15.6 Å². The van der Waals surface area contributed by atoms with E-state index in [1.807, 2.05) is 26.0 Å². The first kappa shape index (κ1) is 18.9. The van der Waals surface area contributed by atoms with E-state index in [1.54, 1.807) is 12.1 Å². The maximum atomic E-state index is 12.9. The maximum Gasteiger partial charge on any atom is 0.261 e. The predicted octanol–water partition coefficient (Wildman–Crippen LogP) is 3.28. The highest BCUT2D eigenvalue weighted by molar-refractivity contribution is 6.07. The van der Waals surface area contributed by atoms with Crippen molar-refractivity contribution < 1.29 is 14.3 Å². The minimum atomic E-state index is -0.289. The van der Waals surface area contributed by atoms with Crippen molar-refractivity contribution in [2.75, 3.05) is 19.0 Å². The quantitative estimate of drug-likeness (QED) is 0.821. The number of aryl methyl sites for hydroxylation is 3. The lowest BCUT2D eigenvalue weighted by Gasteiger charge is -2.13. The van der Waals surface area contributed by atoms with Gasteiger partial charge < -0.3 is 15.4 Å². The summed E-state index contributed by atoms with van der Waals surface area (Å²) in [5, 5.41) is 5.75. The van der Waals surface area contributed by atoms with Gasteiger partial charge in [-0.2, -0.15) is 0 Å². The molecule has 6 nitrogen and oxygen atoms in total. The Morgan fingerprint density at radius 2 is 2.00 bits per heavy atom. The number of hydrogen-bond donors (Lipinski definition) is 2. The van der Waals surface area contributed by atoms with Gasteiger partial charge in [0.05, 0.1) is 7.11 Å². The molecule has 0 saturated heterocycles. The molecule has 3 rings (SSSR count). The third-order valence-electron chi connectivity index (χ3n) is 4.74. The monoisotopic (exact) mass is 367 g/mol. The van der Waals surface area contributed by atoms with Crippen LogP contribution in [0.2, 0.25) is 0 Å². The van der Waals surface area contributed by atoms with Gasteiger partial charge in [0, 0.05) is 23.5 Å². The zero-order valence-electron chi connectivity index (χ0n) is 16.0. The Bertz CT molecular complexity index is 877. The third-order valence-corrected chi connectivity index (χ3v) is 4.74. The number of anilines is 1. The van der Waals surface area contributed by atoms with Gasteiger partial charge in [0.25, 0.3) is 11.8 Å². The molecule has 0 atom stereocenters. The molecule has 2 aromatic rings. The number of fused-ring (bicyclic) bond motifs is 1. The number of nitrogens with zero attached hydrogens (tertiary/aromatic N) is 1. The molecule has 1 aromatic carbocycles. The van der Waals surface area contributed by atoms with Gasteiger partial charge in [-0.25, -0.2) is 4.98 Å². The van der Waals surface area contributed by atoms with Crippen LogP contribution >= 0.6 is 0 Å². The van der Waals surface area contributed by atoms with Crippen molar-refractivity contribution in [2.24, 2.45) is 0 Å². The molecular weight excluding hydrogens is 342 g/mol. The fraction of sp³-hybridized carbons (Fsp3) is 0.381. The van der Waals surface area contributed by atoms with Crippen LogP contribution in [0.4, 0.5) is 5.69 Å². The number of carbonyl (C=O) groups is 2. The molecule has 0 radical (unpaired) electrons. The average molecular weight is 367 g/mol. The van der Waals surface area contributed by atoms with Crippen molar-refractivity contribution in [1.82, 2.24) is 10.3 Å². The smallest absolute Gasteiger partial charge is 0.261 e. The molecule has 2 amide bonds. The van der Waals surface area contributed by atoms with Gasteiger partial charge in [-0.1, -0.05) is 13.0 Å². The Hall–Kier alpha value is -2.89. The van der Waals surface area contributed by atoms with Crippen molar-refractivity contribution >= 4 is 17.5 Å². The summed E-state index contributed by atoms with van der Waals surface area (Å²) in [5.41, 5.74) is 4.52. The third kappa shape index (κ3) is 4.10. The van der Waals surface area contributed by atoms with Crippen LogP contribution in [-0.2, 0) is 12.8 Å². The number of nitrogens with one attached hydrogen (secondary N) is 2. The van der Waals surface area contributed by atoms with E-state index >= 15 is 0 Å². The maximum absolute atomic E-state index is 12.9. The van der Waals surface area contributed by atoms with Crippen LogP contribution in [0.3, 0.4) is 0 Å². The average Bonchev–Trinajstić information content (AvgIpc) is 3.14. The predicted molar refractivity (Wildman–Crippen MR) is 105 cm³/mol. The molecule has 142 valence electrons. The molecule has 0 unspecified atom stereocenters. The number of benzene rings is 1. The van der Waals surface area contributed by atoms with Gasteiger partial charge in [0.15, 0.2) is 0 Å². The van der Waals surface area contributed by atoms with Crippen molar-refractivity contribution in [3.63, 3.8) is 0 Å². The van der Waals surface area contributed by atoms with E-state index in [9.17, 15) is 9.59 Å². The Labute approximate surface area is 159 Å². The van der Waals surface area contributed by atoms with Crippen molar-refractivity contribution in [2.45, 2.75) is 39.5 Å². The second-order valence-electron chi connectivity index (χ2n) is 6.74. The zero-order valence-corrected chi connectivity index (χ0v) is 16.0. The summed E-state index contributed by atoms with van der Waals surface area (Å²) in [4.78, 5) is 29.6. The van der Waals surface area contributed by atoms with E-state index in [4.69, 9.17) is 4.74 Å². The highest BCUT2D eigenvalue weighted by atomic mass is 16.5. The van der Waals surface area contributed by atoms with Crippen molar-refractivity contribution in [3.8, 4) is 5.88 Å². The molecule has 0 fully saturated rings. The first-order valence-electron chi connectivity index (χ1n) is 9.30. The van der Waals surface area contributed by atoms with Gasteiger partial charge in [-0.05, 0) is 61.9 Å². The number of amides is 2. The van der Waals surface area contributed by atoms with Crippen LogP contribution in [0.15, 0.2) is 24.3 Å². The standard InChI is InChI=1S/C21H25N3O3/c1-4-10-22-19(25)15-9-8-13(2)18(12-15)23-20(26)16-11-14-6-5-7-17(14)24-21(16)27-3/h8-9,11-12H,4-7,10H2,1-3H3,(H,22,25)(H,23,26). The van der Waals surface area contributed by atoms with Crippen LogP contribution in [0.5, 0.6) is 5.88 Å². The number of rotatable bonds is 6. The Balaban J connectivity index is 1.85. The number of hydrogen-bond acceptors (Lipinski definition) is 4. The van der Waals surface area contributed by atoms with Gasteiger partial charge in [0.2, 0.25) is 5.88 Å². The van der Waals surface area contributed by atoms with Gasteiger partial charge in [-0.15, -0.1) is 0 Å². The lowest BCUT2D eigenvalue weighted by Crippen LogP contribution is -2.24. The fourth-order valence-electron chi connectivity index (χ4n) is 3.20. The SMILES string of the molecule is CCCNC(=O)c1ccc(C)c(NC(=O)c2cc3c(nc2OC)CCC3)c1. The Kier molecular flexibility index (Phi) is 5.74. The normalized spacial score (nSPS) is 12.4. The van der Waals surface area contributed by atoms with Crippen LogP contribution in [0.25, 0.3) is 0 Å². The topological polar surface area (TPSA) is 80.3 Å². The lowest BCUT2D eigenvalue weighted by atomic mass is 10.1. The van der Waals surface area contributed by atoms with E-state index in [1.165, 1.54) is 7.11 Å². The summed E-state index contributed by atoms with van der Waals surface area (Å²) in [6.07, 6.45) is 3.76. The second-order valence-corrected chi connectivity index (χ2v) is 6.74. The van der Waals surface area contributed by atoms with Gasteiger partial charge in [0.1, 0.15) is 5.56 Å². The Morgan fingerprint density at radius 3 is 2.74 bits per heavy atom. The molecule has 2 N–H and O–H groups in total. The zero-order chi connectivity index (χ0) is 19.4. The van der Waals surface area contributed by atoms with Crippen LogP contribution in [0, 0.1) is 6.92 Å². The summed E-state index contributed by atoms with van der Waals surface area (Å²) in [6.45, 7) is 4.51. The lowest BCUT2D eigenvalue weighted by molar-refractivity contribution is 0.0952. The number of methoxy groups -OCH3 is 1. The molecule has 0 bridgehead atoms. The summed E-state index contributed by atoms with van der Waals surface area (Å²) in [5.74, 6) is -0.102. The summed E-state index contributed by atoms with van der Waals surface area (Å²) in [7, 11) is 1.52. The van der Waals surface area contributed by atoms with Crippen molar-refractivity contribution in [1.29, 1.82) is 0 Å². The number of carbonyl (C=O) groups excluding carboxylic acids is 2. The van der Waals surface area contributed by atoms with E-state index in [0.29, 0.717) is 29.2 Å². The summed E-state index contributed by atoms with van der Waals surface area (Å²) in [6, 6.07) is 7.16. The van der Waals surface area contributed by atoms with Gasteiger partial charge in [-0.3, -0.25) is 9.59 Å². The molecule has 1 aromatic heterocycles. The van der Waals surface area contributed by atoms with Gasteiger partial charge >= 0.3 is 0 Å². The summed E-state index contributed by atoms with van der Waals surface area (Å²) < 4.78 is 5.33.